The Labute approximate surface area is 160 Å². The first-order chi connectivity index (χ1) is 12.1. The topological polar surface area (TPSA) is 68.2 Å². The zero-order valence-electron chi connectivity index (χ0n) is 15.4. The molecule has 6 nitrogen and oxygen atoms in total. The van der Waals surface area contributed by atoms with Crippen LogP contribution in [-0.4, -0.2) is 34.9 Å². The van der Waals surface area contributed by atoms with Gasteiger partial charge in [-0.25, -0.2) is 0 Å². The minimum Gasteiger partial charge on any atom is -0.491 e. The summed E-state index contributed by atoms with van der Waals surface area (Å²) >= 11 is 0. The van der Waals surface area contributed by atoms with E-state index >= 15 is 0 Å². The van der Waals surface area contributed by atoms with Crippen LogP contribution in [0.3, 0.4) is 0 Å². The predicted molar refractivity (Wildman–Crippen MR) is 105 cm³/mol. The molecule has 0 bridgehead atoms. The number of carbonyl (C=O) groups excluding carboxylic acids is 1. The average Bonchev–Trinajstić information content (AvgIpc) is 3.25. The summed E-state index contributed by atoms with van der Waals surface area (Å²) < 4.78 is 7.54. The lowest BCUT2D eigenvalue weighted by Gasteiger charge is -2.17. The molecule has 0 spiro atoms. The zero-order valence-corrected chi connectivity index (χ0v) is 16.3. The van der Waals surface area contributed by atoms with E-state index in [1.165, 1.54) is 0 Å². The fourth-order valence-corrected chi connectivity index (χ4v) is 3.10. The van der Waals surface area contributed by atoms with E-state index in [1.807, 2.05) is 50.6 Å². The van der Waals surface area contributed by atoms with Crippen molar-refractivity contribution in [2.45, 2.75) is 32.3 Å². The van der Waals surface area contributed by atoms with Crippen LogP contribution in [0.25, 0.3) is 0 Å². The number of nitrogens with zero attached hydrogens (tertiary/aromatic N) is 2. The molecule has 26 heavy (non-hydrogen) atoms. The maximum absolute atomic E-state index is 12.7. The number of amides is 1. The second-order valence-electron chi connectivity index (χ2n) is 6.67. The highest BCUT2D eigenvalue weighted by Crippen LogP contribution is 2.29. The molecule has 1 saturated heterocycles. The number of anilines is 1. The molecule has 1 aromatic heterocycles. The van der Waals surface area contributed by atoms with Gasteiger partial charge in [-0.3, -0.25) is 9.48 Å². The van der Waals surface area contributed by atoms with E-state index in [4.69, 9.17) is 4.74 Å². The molecule has 3 rings (SSSR count). The molecule has 0 saturated carbocycles. The highest BCUT2D eigenvalue weighted by molar-refractivity contribution is 5.93. The summed E-state index contributed by atoms with van der Waals surface area (Å²) in [6.07, 6.45) is 4.98. The molecule has 142 valence electrons. The number of hydrogen-bond acceptors (Lipinski definition) is 4. The fourth-order valence-electron chi connectivity index (χ4n) is 3.10. The van der Waals surface area contributed by atoms with Crippen LogP contribution >= 0.6 is 12.4 Å². The van der Waals surface area contributed by atoms with Crippen molar-refractivity contribution >= 4 is 24.0 Å². The Hall–Kier alpha value is -2.05. The summed E-state index contributed by atoms with van der Waals surface area (Å²) in [4.78, 5) is 12.7. The quantitative estimate of drug-likeness (QED) is 0.810. The smallest absolute Gasteiger partial charge is 0.229 e. The Bertz CT molecular complexity index is 717. The minimum absolute atomic E-state index is 0. The second kappa shape index (κ2) is 9.05. The molecule has 0 radical (unpaired) electrons. The molecule has 1 amide bonds. The van der Waals surface area contributed by atoms with Crippen molar-refractivity contribution < 1.29 is 9.53 Å². The van der Waals surface area contributed by atoms with Crippen molar-refractivity contribution in [1.82, 2.24) is 15.1 Å². The molecular formula is C19H27ClN4O2. The molecule has 1 unspecified atom stereocenters. The Morgan fingerprint density at radius 1 is 1.38 bits per heavy atom. The number of carbonyl (C=O) groups is 1. The van der Waals surface area contributed by atoms with Crippen LogP contribution in [0.5, 0.6) is 5.75 Å². The Kier molecular flexibility index (Phi) is 7.06. The summed E-state index contributed by atoms with van der Waals surface area (Å²) in [6, 6.07) is 7.56. The molecular weight excluding hydrogens is 352 g/mol. The van der Waals surface area contributed by atoms with E-state index in [-0.39, 0.29) is 36.3 Å². The third-order valence-electron chi connectivity index (χ3n) is 4.74. The van der Waals surface area contributed by atoms with Gasteiger partial charge in [-0.05, 0) is 43.2 Å². The molecule has 0 aliphatic carbocycles. The molecule has 1 fully saturated rings. The summed E-state index contributed by atoms with van der Waals surface area (Å²) in [7, 11) is 1.89. The van der Waals surface area contributed by atoms with E-state index in [1.54, 1.807) is 4.68 Å². The third kappa shape index (κ3) is 4.77. The van der Waals surface area contributed by atoms with Gasteiger partial charge in [0.1, 0.15) is 5.75 Å². The fraction of sp³-hybridized carbons (Fsp3) is 0.474. The maximum atomic E-state index is 12.7. The van der Waals surface area contributed by atoms with Crippen LogP contribution in [-0.2, 0) is 11.8 Å². The zero-order chi connectivity index (χ0) is 17.8. The van der Waals surface area contributed by atoms with Gasteiger partial charge in [-0.1, -0.05) is 6.92 Å². The highest BCUT2D eigenvalue weighted by atomic mass is 35.5. The highest BCUT2D eigenvalue weighted by Gasteiger charge is 2.34. The number of rotatable bonds is 6. The SMILES string of the molecule is CCC(C)Oc1ccc(NC(=O)[C@H]2CNC[C@@H]2c2cnn(C)c2)cc1.Cl. The van der Waals surface area contributed by atoms with Gasteiger partial charge >= 0.3 is 0 Å². The van der Waals surface area contributed by atoms with Gasteiger partial charge in [-0.2, -0.15) is 5.10 Å². The lowest BCUT2D eigenvalue weighted by atomic mass is 9.90. The number of benzene rings is 1. The lowest BCUT2D eigenvalue weighted by Crippen LogP contribution is -2.28. The number of aryl methyl sites for hydroxylation is 1. The van der Waals surface area contributed by atoms with Gasteiger partial charge in [0.15, 0.2) is 0 Å². The van der Waals surface area contributed by atoms with Crippen LogP contribution < -0.4 is 15.4 Å². The number of aromatic nitrogens is 2. The van der Waals surface area contributed by atoms with Crippen molar-refractivity contribution in [3.8, 4) is 5.75 Å². The standard InChI is InChI=1S/C19H26N4O2.ClH/c1-4-13(2)25-16-7-5-15(6-8-16)22-19(24)18-11-20-10-17(18)14-9-21-23(3)12-14;/h5-9,12-13,17-18,20H,4,10-11H2,1-3H3,(H,22,24);1H/t13?,17-,18+;/m1./s1. The first-order valence-corrected chi connectivity index (χ1v) is 8.83. The molecule has 1 aliphatic heterocycles. The summed E-state index contributed by atoms with van der Waals surface area (Å²) in [6.45, 7) is 5.61. The van der Waals surface area contributed by atoms with Crippen LogP contribution in [0.1, 0.15) is 31.7 Å². The second-order valence-corrected chi connectivity index (χ2v) is 6.67. The maximum Gasteiger partial charge on any atom is 0.229 e. The summed E-state index contributed by atoms with van der Waals surface area (Å²) in [5, 5.41) is 10.6. The van der Waals surface area contributed by atoms with Gasteiger partial charge in [0, 0.05) is 37.9 Å². The van der Waals surface area contributed by atoms with E-state index in [0.717, 1.165) is 30.0 Å². The van der Waals surface area contributed by atoms with Crippen molar-refractivity contribution in [3.05, 3.63) is 42.2 Å². The minimum atomic E-state index is -0.0970. The van der Waals surface area contributed by atoms with E-state index in [9.17, 15) is 4.79 Å². The lowest BCUT2D eigenvalue weighted by molar-refractivity contribution is -0.119. The van der Waals surface area contributed by atoms with Crippen LogP contribution in [0.2, 0.25) is 0 Å². The Balaban J connectivity index is 0.00000243. The number of ether oxygens (including phenoxy) is 1. The first-order valence-electron chi connectivity index (χ1n) is 8.83. The molecule has 1 aliphatic rings. The first kappa shape index (κ1) is 20.3. The van der Waals surface area contributed by atoms with Gasteiger partial charge in [0.2, 0.25) is 5.91 Å². The molecule has 2 aromatic rings. The summed E-state index contributed by atoms with van der Waals surface area (Å²) in [5.74, 6) is 0.916. The average molecular weight is 379 g/mol. The van der Waals surface area contributed by atoms with E-state index in [2.05, 4.69) is 22.7 Å². The van der Waals surface area contributed by atoms with Crippen LogP contribution in [0.4, 0.5) is 5.69 Å². The third-order valence-corrected chi connectivity index (χ3v) is 4.74. The molecule has 2 heterocycles. The number of halogens is 1. The van der Waals surface area contributed by atoms with E-state index < -0.39 is 0 Å². The van der Waals surface area contributed by atoms with E-state index in [0.29, 0.717) is 6.54 Å². The monoisotopic (exact) mass is 378 g/mol. The van der Waals surface area contributed by atoms with Crippen LogP contribution in [0.15, 0.2) is 36.7 Å². The molecule has 3 atom stereocenters. The molecule has 2 N–H and O–H groups in total. The molecule has 7 heteroatoms. The predicted octanol–water partition coefficient (Wildman–Crippen LogP) is 2.96. The van der Waals surface area contributed by atoms with Gasteiger partial charge < -0.3 is 15.4 Å². The Morgan fingerprint density at radius 2 is 2.12 bits per heavy atom. The normalized spacial score (nSPS) is 20.3. The van der Waals surface area contributed by atoms with Gasteiger partial charge in [-0.15, -0.1) is 12.4 Å². The van der Waals surface area contributed by atoms with Crippen molar-refractivity contribution in [2.75, 3.05) is 18.4 Å². The molecule has 1 aromatic carbocycles. The largest absolute Gasteiger partial charge is 0.491 e. The van der Waals surface area contributed by atoms with Crippen LogP contribution in [0, 0.1) is 5.92 Å². The van der Waals surface area contributed by atoms with Crippen molar-refractivity contribution in [1.29, 1.82) is 0 Å². The van der Waals surface area contributed by atoms with Crippen molar-refractivity contribution in [3.63, 3.8) is 0 Å². The van der Waals surface area contributed by atoms with Crippen molar-refractivity contribution in [2.24, 2.45) is 13.0 Å². The Morgan fingerprint density at radius 3 is 2.73 bits per heavy atom. The number of nitrogens with one attached hydrogen (secondary N) is 2. The summed E-state index contributed by atoms with van der Waals surface area (Å²) in [5.41, 5.74) is 1.89. The van der Waals surface area contributed by atoms with Gasteiger partial charge in [0.05, 0.1) is 18.2 Å². The number of hydrogen-bond donors (Lipinski definition) is 2. The van der Waals surface area contributed by atoms with Gasteiger partial charge in [0.25, 0.3) is 0 Å².